The van der Waals surface area contributed by atoms with Gasteiger partial charge in [0.05, 0.1) is 0 Å². The summed E-state index contributed by atoms with van der Waals surface area (Å²) in [6, 6.07) is 8.48. The first-order valence-electron chi connectivity index (χ1n) is 5.27. The number of halogens is 1. The first-order valence-corrected chi connectivity index (χ1v) is 6.06. The van der Waals surface area contributed by atoms with Crippen LogP contribution in [0.1, 0.15) is 37.3 Å². The fraction of sp³-hybridized carbons (Fsp3) is 0.500. The van der Waals surface area contributed by atoms with Crippen molar-refractivity contribution in [3.05, 3.63) is 34.3 Å². The molecular formula is C12H16BrN. The van der Waals surface area contributed by atoms with E-state index in [0.29, 0.717) is 0 Å². The third kappa shape index (κ3) is 2.18. The molecule has 2 N–H and O–H groups in total. The van der Waals surface area contributed by atoms with E-state index in [-0.39, 0.29) is 6.04 Å². The van der Waals surface area contributed by atoms with E-state index >= 15 is 0 Å². The van der Waals surface area contributed by atoms with Crippen LogP contribution in [0, 0.1) is 5.92 Å². The highest BCUT2D eigenvalue weighted by molar-refractivity contribution is 9.10. The van der Waals surface area contributed by atoms with E-state index in [9.17, 15) is 0 Å². The minimum absolute atomic E-state index is 0.205. The van der Waals surface area contributed by atoms with Crippen LogP contribution in [0.4, 0.5) is 0 Å². The highest BCUT2D eigenvalue weighted by Crippen LogP contribution is 2.35. The van der Waals surface area contributed by atoms with E-state index in [0.717, 1.165) is 16.8 Å². The summed E-state index contributed by atoms with van der Waals surface area (Å²) in [5.74, 6) is 0.872. The zero-order valence-electron chi connectivity index (χ0n) is 8.25. The number of nitrogens with two attached hydrogens (primary N) is 1. The molecule has 1 atom stereocenters. The van der Waals surface area contributed by atoms with Gasteiger partial charge in [0.2, 0.25) is 0 Å². The van der Waals surface area contributed by atoms with Crippen molar-refractivity contribution in [1.29, 1.82) is 0 Å². The van der Waals surface area contributed by atoms with Crippen molar-refractivity contribution in [2.24, 2.45) is 11.7 Å². The van der Waals surface area contributed by atoms with Crippen molar-refractivity contribution in [3.8, 4) is 0 Å². The van der Waals surface area contributed by atoms with Gasteiger partial charge in [0.1, 0.15) is 0 Å². The smallest absolute Gasteiger partial charge is 0.0308 e. The van der Waals surface area contributed by atoms with Crippen molar-refractivity contribution in [3.63, 3.8) is 0 Å². The average Bonchev–Trinajstić information content (AvgIpc) is 2.12. The highest BCUT2D eigenvalue weighted by Gasteiger charge is 2.21. The Labute approximate surface area is 93.8 Å². The van der Waals surface area contributed by atoms with Gasteiger partial charge in [-0.25, -0.2) is 0 Å². The summed E-state index contributed by atoms with van der Waals surface area (Å²) >= 11 is 3.55. The second-order valence-electron chi connectivity index (χ2n) is 4.16. The van der Waals surface area contributed by atoms with Crippen LogP contribution in [0.25, 0.3) is 0 Å². The molecule has 0 aromatic heterocycles. The number of hydrogen-bond acceptors (Lipinski definition) is 1. The van der Waals surface area contributed by atoms with Crippen molar-refractivity contribution < 1.29 is 0 Å². The summed E-state index contributed by atoms with van der Waals surface area (Å²) in [6.45, 7) is 0. The maximum atomic E-state index is 6.18. The lowest BCUT2D eigenvalue weighted by Crippen LogP contribution is -2.20. The Hall–Kier alpha value is -0.340. The topological polar surface area (TPSA) is 26.0 Å². The third-order valence-corrected chi connectivity index (χ3v) is 3.84. The van der Waals surface area contributed by atoms with Crippen molar-refractivity contribution >= 4 is 15.9 Å². The normalized spacial score (nSPS) is 19.0. The Morgan fingerprint density at radius 3 is 2.64 bits per heavy atom. The Bertz CT molecular complexity index is 307. The lowest BCUT2D eigenvalue weighted by atomic mass is 9.80. The molecule has 0 radical (unpaired) electrons. The molecule has 0 bridgehead atoms. The molecule has 1 unspecified atom stereocenters. The van der Waals surface area contributed by atoms with Gasteiger partial charge >= 0.3 is 0 Å². The first-order chi connectivity index (χ1) is 6.77. The average molecular weight is 254 g/mol. The van der Waals surface area contributed by atoms with E-state index in [1.54, 1.807) is 0 Å². The Morgan fingerprint density at radius 2 is 2.07 bits per heavy atom. The quantitative estimate of drug-likeness (QED) is 0.875. The SMILES string of the molecule is NC(CC1CCC1)c1ccccc1Br. The Morgan fingerprint density at radius 1 is 1.36 bits per heavy atom. The van der Waals surface area contributed by atoms with Crippen LogP contribution in [0.15, 0.2) is 28.7 Å². The summed E-state index contributed by atoms with van der Waals surface area (Å²) in [5.41, 5.74) is 7.43. The van der Waals surface area contributed by atoms with Crippen molar-refractivity contribution in [2.75, 3.05) is 0 Å². The van der Waals surface area contributed by atoms with Crippen LogP contribution in [-0.4, -0.2) is 0 Å². The molecule has 0 saturated heterocycles. The Balaban J connectivity index is 2.02. The summed E-state index contributed by atoms with van der Waals surface area (Å²) in [4.78, 5) is 0. The molecule has 1 aromatic carbocycles. The fourth-order valence-electron chi connectivity index (χ4n) is 1.99. The second-order valence-corrected chi connectivity index (χ2v) is 5.01. The summed E-state index contributed by atoms with van der Waals surface area (Å²) in [7, 11) is 0. The van der Waals surface area contributed by atoms with Gasteiger partial charge < -0.3 is 5.73 Å². The minimum atomic E-state index is 0.205. The van der Waals surface area contributed by atoms with Crippen LogP contribution in [0.3, 0.4) is 0 Å². The molecule has 0 spiro atoms. The largest absolute Gasteiger partial charge is 0.324 e. The fourth-order valence-corrected chi connectivity index (χ4v) is 2.57. The van der Waals surface area contributed by atoms with Crippen LogP contribution >= 0.6 is 15.9 Å². The number of benzene rings is 1. The van der Waals surface area contributed by atoms with Gasteiger partial charge in [-0.2, -0.15) is 0 Å². The van der Waals surface area contributed by atoms with Gasteiger partial charge in [-0.15, -0.1) is 0 Å². The van der Waals surface area contributed by atoms with Crippen LogP contribution in [0.5, 0.6) is 0 Å². The van der Waals surface area contributed by atoms with Gasteiger partial charge in [0.15, 0.2) is 0 Å². The predicted molar refractivity (Wildman–Crippen MR) is 63.0 cm³/mol. The maximum Gasteiger partial charge on any atom is 0.0308 e. The molecule has 76 valence electrons. The molecule has 1 aromatic rings. The molecule has 1 nitrogen and oxygen atoms in total. The van der Waals surface area contributed by atoms with E-state index < -0.39 is 0 Å². The first kappa shape index (κ1) is 10.2. The summed E-state index contributed by atoms with van der Waals surface area (Å²) < 4.78 is 1.15. The molecule has 1 aliphatic carbocycles. The van der Waals surface area contributed by atoms with Crippen LogP contribution in [-0.2, 0) is 0 Å². The highest BCUT2D eigenvalue weighted by atomic mass is 79.9. The van der Waals surface area contributed by atoms with E-state index in [4.69, 9.17) is 5.73 Å². The van der Waals surface area contributed by atoms with E-state index in [1.807, 2.05) is 6.07 Å². The Kier molecular flexibility index (Phi) is 3.24. The minimum Gasteiger partial charge on any atom is -0.324 e. The molecule has 2 heteroatoms. The summed E-state index contributed by atoms with van der Waals surface area (Å²) in [6.07, 6.45) is 5.28. The van der Waals surface area contributed by atoms with E-state index in [1.165, 1.54) is 24.8 Å². The standard InChI is InChI=1S/C12H16BrN/c13-11-7-2-1-6-10(11)12(14)8-9-4-3-5-9/h1-2,6-7,9,12H,3-5,8,14H2. The second kappa shape index (κ2) is 4.45. The number of hydrogen-bond donors (Lipinski definition) is 1. The predicted octanol–water partition coefficient (Wildman–Crippen LogP) is 3.64. The van der Waals surface area contributed by atoms with Gasteiger partial charge in [-0.3, -0.25) is 0 Å². The zero-order chi connectivity index (χ0) is 9.97. The van der Waals surface area contributed by atoms with Gasteiger partial charge in [-0.05, 0) is 24.0 Å². The van der Waals surface area contributed by atoms with Gasteiger partial charge in [-0.1, -0.05) is 53.4 Å². The molecule has 2 rings (SSSR count). The zero-order valence-corrected chi connectivity index (χ0v) is 9.83. The van der Waals surface area contributed by atoms with Crippen LogP contribution < -0.4 is 5.73 Å². The maximum absolute atomic E-state index is 6.18. The molecule has 1 saturated carbocycles. The molecule has 14 heavy (non-hydrogen) atoms. The van der Waals surface area contributed by atoms with Crippen molar-refractivity contribution in [2.45, 2.75) is 31.7 Å². The lowest BCUT2D eigenvalue weighted by Gasteiger charge is -2.28. The van der Waals surface area contributed by atoms with Gasteiger partial charge in [0.25, 0.3) is 0 Å². The van der Waals surface area contributed by atoms with Crippen LogP contribution in [0.2, 0.25) is 0 Å². The van der Waals surface area contributed by atoms with Crippen molar-refractivity contribution in [1.82, 2.24) is 0 Å². The molecule has 0 heterocycles. The molecule has 1 fully saturated rings. The monoisotopic (exact) mass is 253 g/mol. The molecule has 0 aliphatic heterocycles. The van der Waals surface area contributed by atoms with E-state index in [2.05, 4.69) is 34.1 Å². The molecular weight excluding hydrogens is 238 g/mol. The summed E-state index contributed by atoms with van der Waals surface area (Å²) in [5, 5.41) is 0. The lowest BCUT2D eigenvalue weighted by molar-refractivity contribution is 0.277. The molecule has 0 amide bonds. The number of rotatable bonds is 3. The molecule has 1 aliphatic rings. The van der Waals surface area contributed by atoms with Gasteiger partial charge in [0, 0.05) is 10.5 Å². The third-order valence-electron chi connectivity index (χ3n) is 3.12.